The summed E-state index contributed by atoms with van der Waals surface area (Å²) in [5, 5.41) is 0.723. The van der Waals surface area contributed by atoms with Gasteiger partial charge in [-0.05, 0) is 18.2 Å². The summed E-state index contributed by atoms with van der Waals surface area (Å²) in [4.78, 5) is 4.09. The molecule has 2 nitrogen and oxygen atoms in total. The fourth-order valence-corrected chi connectivity index (χ4v) is 1.13. The molecule has 0 amide bonds. The van der Waals surface area contributed by atoms with Crippen LogP contribution in [0.25, 0.3) is 10.9 Å². The van der Waals surface area contributed by atoms with Gasteiger partial charge in [-0.1, -0.05) is 0 Å². The first-order valence-electron chi connectivity index (χ1n) is 3.81. The number of methoxy groups -OCH3 is 1. The summed E-state index contributed by atoms with van der Waals surface area (Å²) in [7, 11) is 1.54. The zero-order valence-electron chi connectivity index (χ0n) is 7.04. The number of hydrogen-bond donors (Lipinski definition) is 0. The van der Waals surface area contributed by atoms with E-state index in [-0.39, 0.29) is 5.82 Å². The number of hydrogen-bond acceptors (Lipinski definition) is 2. The van der Waals surface area contributed by atoms with Crippen LogP contribution in [0.2, 0.25) is 0 Å². The molecule has 0 saturated carbocycles. The molecule has 0 N–H and O–H groups in total. The van der Waals surface area contributed by atoms with Gasteiger partial charge in [0.1, 0.15) is 5.82 Å². The van der Waals surface area contributed by atoms with E-state index in [1.54, 1.807) is 12.1 Å². The average molecular weight is 176 g/mol. The number of halogens is 1. The summed E-state index contributed by atoms with van der Waals surface area (Å²) in [6.45, 7) is 0. The molecule has 0 aliphatic rings. The molecule has 1 aromatic carbocycles. The summed E-state index contributed by atoms with van der Waals surface area (Å²) >= 11 is 0. The molecule has 1 heterocycles. The monoisotopic (exact) mass is 176 g/mol. The quantitative estimate of drug-likeness (QED) is 0.664. The van der Waals surface area contributed by atoms with Crippen molar-refractivity contribution in [3.63, 3.8) is 0 Å². The van der Waals surface area contributed by atoms with Crippen molar-refractivity contribution in [1.82, 2.24) is 4.98 Å². The molecule has 0 bridgehead atoms. The number of aromatic nitrogens is 1. The minimum absolute atomic E-state index is 0.306. The van der Waals surface area contributed by atoms with E-state index in [2.05, 4.69) is 11.1 Å². The van der Waals surface area contributed by atoms with Crippen LogP contribution < -0.4 is 4.74 Å². The van der Waals surface area contributed by atoms with Gasteiger partial charge >= 0.3 is 0 Å². The first-order valence-corrected chi connectivity index (χ1v) is 3.81. The fourth-order valence-electron chi connectivity index (χ4n) is 1.13. The molecule has 3 heteroatoms. The SMILES string of the molecule is COc1ccc2cc(F)c[c]c2n1. The second-order valence-corrected chi connectivity index (χ2v) is 2.61. The zero-order chi connectivity index (χ0) is 9.26. The van der Waals surface area contributed by atoms with Crippen molar-refractivity contribution in [2.45, 2.75) is 0 Å². The van der Waals surface area contributed by atoms with Gasteiger partial charge in [-0.3, -0.25) is 0 Å². The molecule has 2 rings (SSSR count). The van der Waals surface area contributed by atoms with Crippen molar-refractivity contribution in [2.75, 3.05) is 7.11 Å². The maximum absolute atomic E-state index is 12.7. The lowest BCUT2D eigenvalue weighted by Gasteiger charge is -2.00. The molecule has 1 radical (unpaired) electrons. The van der Waals surface area contributed by atoms with Crippen LogP contribution in [0.3, 0.4) is 0 Å². The fraction of sp³-hybridized carbons (Fsp3) is 0.100. The summed E-state index contributed by atoms with van der Waals surface area (Å²) in [6.07, 6.45) is 0. The van der Waals surface area contributed by atoms with E-state index in [0.717, 1.165) is 5.39 Å². The van der Waals surface area contributed by atoms with Gasteiger partial charge in [-0.15, -0.1) is 0 Å². The maximum atomic E-state index is 12.7. The van der Waals surface area contributed by atoms with Gasteiger partial charge in [-0.2, -0.15) is 0 Å². The van der Waals surface area contributed by atoms with E-state index in [0.29, 0.717) is 11.4 Å². The molecular formula is C10H7FNO. The summed E-state index contributed by atoms with van der Waals surface area (Å²) in [6, 6.07) is 8.84. The highest BCUT2D eigenvalue weighted by molar-refractivity contribution is 5.78. The van der Waals surface area contributed by atoms with Gasteiger partial charge in [0.05, 0.1) is 12.6 Å². The highest BCUT2D eigenvalue weighted by atomic mass is 19.1. The van der Waals surface area contributed by atoms with Gasteiger partial charge in [0, 0.05) is 17.5 Å². The molecule has 0 fully saturated rings. The van der Waals surface area contributed by atoms with Crippen molar-refractivity contribution in [2.24, 2.45) is 0 Å². The number of pyridine rings is 1. The molecule has 0 aliphatic heterocycles. The lowest BCUT2D eigenvalue weighted by atomic mass is 10.2. The number of nitrogens with zero attached hydrogens (tertiary/aromatic N) is 1. The molecule has 2 aromatic rings. The highest BCUT2D eigenvalue weighted by Gasteiger charge is 1.99. The Morgan fingerprint density at radius 2 is 2.31 bits per heavy atom. The Balaban J connectivity index is 2.66. The molecule has 0 spiro atoms. The van der Waals surface area contributed by atoms with E-state index < -0.39 is 0 Å². The Kier molecular flexibility index (Phi) is 1.85. The predicted molar refractivity (Wildman–Crippen MR) is 47.1 cm³/mol. The second kappa shape index (κ2) is 3.01. The topological polar surface area (TPSA) is 22.1 Å². The largest absolute Gasteiger partial charge is 0.481 e. The lowest BCUT2D eigenvalue weighted by molar-refractivity contribution is 0.399. The minimum atomic E-state index is -0.306. The number of ether oxygens (including phenoxy) is 1. The predicted octanol–water partition coefficient (Wildman–Crippen LogP) is 2.18. The van der Waals surface area contributed by atoms with Gasteiger partial charge in [0.25, 0.3) is 0 Å². The van der Waals surface area contributed by atoms with Gasteiger partial charge in [0.15, 0.2) is 0 Å². The summed E-state index contributed by atoms with van der Waals surface area (Å²) in [5.74, 6) is 0.204. The Labute approximate surface area is 75.0 Å². The van der Waals surface area contributed by atoms with Gasteiger partial charge in [0.2, 0.25) is 5.88 Å². The van der Waals surface area contributed by atoms with Crippen LogP contribution in [-0.4, -0.2) is 12.1 Å². The molecule has 65 valence electrons. The lowest BCUT2D eigenvalue weighted by Crippen LogP contribution is -1.88. The minimum Gasteiger partial charge on any atom is -0.481 e. The third-order valence-electron chi connectivity index (χ3n) is 1.75. The van der Waals surface area contributed by atoms with E-state index in [1.165, 1.54) is 19.2 Å². The average Bonchev–Trinajstić information content (AvgIpc) is 2.17. The Bertz CT molecular complexity index is 442. The highest BCUT2D eigenvalue weighted by Crippen LogP contribution is 2.16. The van der Waals surface area contributed by atoms with Crippen LogP contribution >= 0.6 is 0 Å². The van der Waals surface area contributed by atoms with Crippen molar-refractivity contribution in [1.29, 1.82) is 0 Å². The zero-order valence-corrected chi connectivity index (χ0v) is 7.04. The molecule has 0 unspecified atom stereocenters. The summed E-state index contributed by atoms with van der Waals surface area (Å²) < 4.78 is 17.7. The van der Waals surface area contributed by atoms with Crippen LogP contribution in [-0.2, 0) is 0 Å². The van der Waals surface area contributed by atoms with Crippen molar-refractivity contribution < 1.29 is 9.13 Å². The normalized spacial score (nSPS) is 10.3. The molecule has 0 saturated heterocycles. The standard InChI is InChI=1S/C10H7FNO/c1-13-10-5-2-7-6-8(11)3-4-9(7)12-10/h2-3,5-6H,1H3. The van der Waals surface area contributed by atoms with Gasteiger partial charge < -0.3 is 4.74 Å². The van der Waals surface area contributed by atoms with E-state index in [1.807, 2.05) is 0 Å². The molecule has 1 aromatic heterocycles. The van der Waals surface area contributed by atoms with Gasteiger partial charge in [-0.25, -0.2) is 9.37 Å². The molecule has 0 atom stereocenters. The molecule has 0 aliphatic carbocycles. The Morgan fingerprint density at radius 1 is 1.46 bits per heavy atom. The molecular weight excluding hydrogens is 169 g/mol. The Hall–Kier alpha value is -1.64. The second-order valence-electron chi connectivity index (χ2n) is 2.61. The third kappa shape index (κ3) is 1.45. The first-order chi connectivity index (χ1) is 6.29. The maximum Gasteiger partial charge on any atom is 0.213 e. The smallest absolute Gasteiger partial charge is 0.213 e. The van der Waals surface area contributed by atoms with Crippen molar-refractivity contribution >= 4 is 10.9 Å². The molecule has 13 heavy (non-hydrogen) atoms. The van der Waals surface area contributed by atoms with Crippen LogP contribution in [0.1, 0.15) is 0 Å². The number of rotatable bonds is 1. The van der Waals surface area contributed by atoms with Crippen LogP contribution in [0.5, 0.6) is 5.88 Å². The summed E-state index contributed by atoms with van der Waals surface area (Å²) in [5.41, 5.74) is 0.612. The Morgan fingerprint density at radius 3 is 3.08 bits per heavy atom. The van der Waals surface area contributed by atoms with E-state index >= 15 is 0 Å². The van der Waals surface area contributed by atoms with E-state index in [9.17, 15) is 4.39 Å². The van der Waals surface area contributed by atoms with Crippen LogP contribution in [0.4, 0.5) is 4.39 Å². The van der Waals surface area contributed by atoms with Crippen molar-refractivity contribution in [3.05, 3.63) is 36.1 Å². The van der Waals surface area contributed by atoms with Crippen LogP contribution in [0, 0.1) is 11.9 Å². The van der Waals surface area contributed by atoms with Crippen LogP contribution in [0.15, 0.2) is 24.3 Å². The first kappa shape index (κ1) is 7.98. The third-order valence-corrected chi connectivity index (χ3v) is 1.75. The van der Waals surface area contributed by atoms with E-state index in [4.69, 9.17) is 4.74 Å². The van der Waals surface area contributed by atoms with Crippen molar-refractivity contribution in [3.8, 4) is 5.88 Å². The number of benzene rings is 1. The number of fused-ring (bicyclic) bond motifs is 1.